The SMILES string of the molecule is Cc1cc(C(=N)N)cc(N2CCC3(O)CCCCC3C2)n1. The highest BCUT2D eigenvalue weighted by molar-refractivity contribution is 5.95. The van der Waals surface area contributed by atoms with Gasteiger partial charge >= 0.3 is 0 Å². The first-order valence-electron chi connectivity index (χ1n) is 7.78. The van der Waals surface area contributed by atoms with Gasteiger partial charge in [-0.1, -0.05) is 12.8 Å². The fourth-order valence-electron chi connectivity index (χ4n) is 3.75. The Morgan fingerprint density at radius 1 is 1.43 bits per heavy atom. The summed E-state index contributed by atoms with van der Waals surface area (Å²) >= 11 is 0. The number of aliphatic hydroxyl groups is 1. The maximum atomic E-state index is 10.8. The van der Waals surface area contributed by atoms with Crippen LogP contribution >= 0.6 is 0 Å². The molecule has 1 aromatic rings. The maximum Gasteiger partial charge on any atom is 0.129 e. The minimum Gasteiger partial charge on any atom is -0.389 e. The van der Waals surface area contributed by atoms with Gasteiger partial charge in [-0.3, -0.25) is 5.41 Å². The molecule has 0 spiro atoms. The molecule has 2 heterocycles. The Hall–Kier alpha value is -1.62. The Labute approximate surface area is 125 Å². The number of fused-ring (bicyclic) bond motifs is 1. The van der Waals surface area contributed by atoms with Crippen LogP contribution in [0.5, 0.6) is 0 Å². The molecule has 0 aromatic carbocycles. The van der Waals surface area contributed by atoms with Crippen molar-refractivity contribution in [2.45, 2.75) is 44.6 Å². The predicted octanol–water partition coefficient (Wildman–Crippen LogP) is 1.81. The fraction of sp³-hybridized carbons (Fsp3) is 0.625. The van der Waals surface area contributed by atoms with Gasteiger partial charge < -0.3 is 15.7 Å². The second kappa shape index (κ2) is 5.30. The second-order valence-electron chi connectivity index (χ2n) is 6.51. The molecule has 1 aliphatic carbocycles. The van der Waals surface area contributed by atoms with Crippen molar-refractivity contribution in [1.29, 1.82) is 5.41 Å². The van der Waals surface area contributed by atoms with Crippen molar-refractivity contribution in [3.8, 4) is 0 Å². The molecule has 0 bridgehead atoms. The zero-order valence-electron chi connectivity index (χ0n) is 12.6. The van der Waals surface area contributed by atoms with Gasteiger partial charge in [0, 0.05) is 30.3 Å². The molecule has 1 aliphatic heterocycles. The highest BCUT2D eigenvalue weighted by Crippen LogP contribution is 2.40. The number of aromatic nitrogens is 1. The molecule has 2 fully saturated rings. The summed E-state index contributed by atoms with van der Waals surface area (Å²) in [6.07, 6.45) is 5.19. The second-order valence-corrected chi connectivity index (χ2v) is 6.51. The van der Waals surface area contributed by atoms with Gasteiger partial charge in [0.15, 0.2) is 0 Å². The molecule has 0 radical (unpaired) electrons. The number of pyridine rings is 1. The van der Waals surface area contributed by atoms with Crippen molar-refractivity contribution in [3.63, 3.8) is 0 Å². The van der Waals surface area contributed by atoms with Gasteiger partial charge in [0.2, 0.25) is 0 Å². The number of anilines is 1. The van der Waals surface area contributed by atoms with Crippen molar-refractivity contribution in [1.82, 2.24) is 4.98 Å². The van der Waals surface area contributed by atoms with E-state index in [4.69, 9.17) is 11.1 Å². The Balaban J connectivity index is 1.83. The summed E-state index contributed by atoms with van der Waals surface area (Å²) in [6.45, 7) is 3.60. The molecule has 5 nitrogen and oxygen atoms in total. The van der Waals surface area contributed by atoms with Crippen molar-refractivity contribution < 1.29 is 5.11 Å². The van der Waals surface area contributed by atoms with Crippen LogP contribution < -0.4 is 10.6 Å². The van der Waals surface area contributed by atoms with Crippen LogP contribution in [-0.4, -0.2) is 34.6 Å². The third-order valence-corrected chi connectivity index (χ3v) is 5.00. The number of nitrogens with two attached hydrogens (primary N) is 1. The first-order chi connectivity index (χ1) is 9.98. The van der Waals surface area contributed by atoms with E-state index in [0.29, 0.717) is 5.92 Å². The Morgan fingerprint density at radius 2 is 2.24 bits per heavy atom. The molecule has 2 aliphatic rings. The van der Waals surface area contributed by atoms with Crippen molar-refractivity contribution in [3.05, 3.63) is 23.4 Å². The molecular formula is C16H24N4O. The summed E-state index contributed by atoms with van der Waals surface area (Å²) in [5.41, 5.74) is 6.74. The average Bonchev–Trinajstić information content (AvgIpc) is 2.45. The topological polar surface area (TPSA) is 86.2 Å². The monoisotopic (exact) mass is 288 g/mol. The Kier molecular flexibility index (Phi) is 3.61. The number of nitrogens with zero attached hydrogens (tertiary/aromatic N) is 2. The zero-order valence-corrected chi connectivity index (χ0v) is 12.6. The van der Waals surface area contributed by atoms with Crippen LogP contribution in [0.2, 0.25) is 0 Å². The molecule has 5 heteroatoms. The molecular weight excluding hydrogens is 264 g/mol. The molecule has 0 amide bonds. The zero-order chi connectivity index (χ0) is 15.0. The van der Waals surface area contributed by atoms with Crippen LogP contribution in [0.25, 0.3) is 0 Å². The van der Waals surface area contributed by atoms with E-state index in [1.165, 1.54) is 6.42 Å². The molecule has 1 saturated heterocycles. The van der Waals surface area contributed by atoms with Gasteiger partial charge in [-0.15, -0.1) is 0 Å². The van der Waals surface area contributed by atoms with Crippen LogP contribution in [0.4, 0.5) is 5.82 Å². The predicted molar refractivity (Wildman–Crippen MR) is 83.7 cm³/mol. The Bertz CT molecular complexity index is 559. The number of piperidine rings is 1. The third kappa shape index (κ3) is 2.75. The number of amidine groups is 1. The standard InChI is InChI=1S/C16H24N4O/c1-11-8-12(15(17)18)9-14(19-11)20-7-6-16(21)5-3-2-4-13(16)10-20/h8-9,13,21H,2-7,10H2,1H3,(H3,17,18). The van der Waals surface area contributed by atoms with Crippen molar-refractivity contribution >= 4 is 11.7 Å². The maximum absolute atomic E-state index is 10.8. The lowest BCUT2D eigenvalue weighted by Crippen LogP contribution is -2.53. The minimum absolute atomic E-state index is 0.0768. The van der Waals surface area contributed by atoms with E-state index in [9.17, 15) is 5.11 Å². The van der Waals surface area contributed by atoms with E-state index in [1.807, 2.05) is 19.1 Å². The molecule has 3 rings (SSSR count). The quantitative estimate of drug-likeness (QED) is 0.572. The number of rotatable bonds is 2. The van der Waals surface area contributed by atoms with Gasteiger partial charge in [-0.2, -0.15) is 0 Å². The lowest BCUT2D eigenvalue weighted by molar-refractivity contribution is -0.0613. The van der Waals surface area contributed by atoms with Crippen LogP contribution in [-0.2, 0) is 0 Å². The number of hydrogen-bond acceptors (Lipinski definition) is 4. The molecule has 1 saturated carbocycles. The first kappa shape index (κ1) is 14.3. The van der Waals surface area contributed by atoms with Gasteiger partial charge in [-0.05, 0) is 38.3 Å². The molecule has 114 valence electrons. The number of aryl methyl sites for hydroxylation is 1. The lowest BCUT2D eigenvalue weighted by Gasteiger charge is -2.47. The molecule has 1 aromatic heterocycles. The molecule has 21 heavy (non-hydrogen) atoms. The van der Waals surface area contributed by atoms with Gasteiger partial charge in [-0.25, -0.2) is 4.98 Å². The lowest BCUT2D eigenvalue weighted by atomic mass is 9.71. The molecule has 2 unspecified atom stereocenters. The highest BCUT2D eigenvalue weighted by atomic mass is 16.3. The van der Waals surface area contributed by atoms with E-state index in [-0.39, 0.29) is 5.84 Å². The van der Waals surface area contributed by atoms with Crippen LogP contribution in [0.15, 0.2) is 12.1 Å². The van der Waals surface area contributed by atoms with Gasteiger partial charge in [0.05, 0.1) is 5.60 Å². The fourth-order valence-corrected chi connectivity index (χ4v) is 3.75. The van der Waals surface area contributed by atoms with Crippen molar-refractivity contribution in [2.24, 2.45) is 11.7 Å². The minimum atomic E-state index is -0.470. The van der Waals surface area contributed by atoms with E-state index >= 15 is 0 Å². The van der Waals surface area contributed by atoms with E-state index in [1.54, 1.807) is 0 Å². The van der Waals surface area contributed by atoms with Crippen molar-refractivity contribution in [2.75, 3.05) is 18.0 Å². The number of nitrogen functional groups attached to an aromatic ring is 1. The normalized spacial score (nSPS) is 29.0. The van der Waals surface area contributed by atoms with E-state index in [0.717, 1.165) is 55.8 Å². The molecule has 4 N–H and O–H groups in total. The summed E-state index contributed by atoms with van der Waals surface area (Å²) in [5, 5.41) is 18.4. The summed E-state index contributed by atoms with van der Waals surface area (Å²) in [7, 11) is 0. The summed E-state index contributed by atoms with van der Waals surface area (Å²) in [6, 6.07) is 3.73. The first-order valence-corrected chi connectivity index (χ1v) is 7.78. The smallest absolute Gasteiger partial charge is 0.129 e. The highest BCUT2D eigenvalue weighted by Gasteiger charge is 2.43. The summed E-state index contributed by atoms with van der Waals surface area (Å²) < 4.78 is 0. The van der Waals surface area contributed by atoms with Crippen LogP contribution in [0, 0.1) is 18.3 Å². The third-order valence-electron chi connectivity index (χ3n) is 5.00. The number of hydrogen-bond donors (Lipinski definition) is 3. The van der Waals surface area contributed by atoms with Crippen LogP contribution in [0.3, 0.4) is 0 Å². The Morgan fingerprint density at radius 3 is 3.00 bits per heavy atom. The molecule has 2 atom stereocenters. The number of nitrogens with one attached hydrogen (secondary N) is 1. The van der Waals surface area contributed by atoms with Gasteiger partial charge in [0.1, 0.15) is 11.7 Å². The van der Waals surface area contributed by atoms with E-state index < -0.39 is 5.60 Å². The summed E-state index contributed by atoms with van der Waals surface area (Å²) in [5.74, 6) is 1.30. The average molecular weight is 288 g/mol. The largest absolute Gasteiger partial charge is 0.389 e. The van der Waals surface area contributed by atoms with Crippen LogP contribution in [0.1, 0.15) is 43.4 Å². The van der Waals surface area contributed by atoms with Gasteiger partial charge in [0.25, 0.3) is 0 Å². The van der Waals surface area contributed by atoms with E-state index in [2.05, 4.69) is 9.88 Å². The summed E-state index contributed by atoms with van der Waals surface area (Å²) in [4.78, 5) is 6.83.